The van der Waals surface area contributed by atoms with Crippen LogP contribution in [0.15, 0.2) is 6.07 Å². The van der Waals surface area contributed by atoms with Crippen molar-refractivity contribution in [3.63, 3.8) is 0 Å². The van der Waals surface area contributed by atoms with Crippen molar-refractivity contribution < 1.29 is 0 Å². The molecule has 0 spiro atoms. The number of nitrogens with two attached hydrogens (primary N) is 1. The summed E-state index contributed by atoms with van der Waals surface area (Å²) >= 11 is 3.60. The molecule has 0 unspecified atom stereocenters. The summed E-state index contributed by atoms with van der Waals surface area (Å²) in [5, 5.41) is 10.6. The Hall–Kier alpha value is -0.780. The lowest BCUT2D eigenvalue weighted by molar-refractivity contribution is 0.713. The van der Waals surface area contributed by atoms with Crippen LogP contribution < -0.4 is 5.73 Å². The van der Waals surface area contributed by atoms with Gasteiger partial charge in [-0.1, -0.05) is 17.8 Å². The zero-order valence-electron chi connectivity index (χ0n) is 10.3. The van der Waals surface area contributed by atoms with E-state index in [9.17, 15) is 0 Å². The van der Waals surface area contributed by atoms with Crippen LogP contribution in [0.2, 0.25) is 0 Å². The first kappa shape index (κ1) is 12.3. The number of hydrogen-bond donors (Lipinski definition) is 1. The summed E-state index contributed by atoms with van der Waals surface area (Å²) in [6.07, 6.45) is 7.35. The molecule has 2 N–H and O–H groups in total. The number of fused-ring (bicyclic) bond motifs is 1. The van der Waals surface area contributed by atoms with Gasteiger partial charge in [-0.15, -0.1) is 21.5 Å². The Morgan fingerprint density at radius 3 is 2.89 bits per heavy atom. The van der Waals surface area contributed by atoms with Crippen molar-refractivity contribution in [3.05, 3.63) is 21.5 Å². The van der Waals surface area contributed by atoms with Crippen molar-refractivity contribution in [1.29, 1.82) is 0 Å². The Morgan fingerprint density at radius 1 is 1.11 bits per heavy atom. The predicted octanol–water partition coefficient (Wildman–Crippen LogP) is 3.04. The van der Waals surface area contributed by atoms with Crippen LogP contribution in [0, 0.1) is 0 Å². The first-order chi connectivity index (χ1) is 8.86. The molecule has 0 fully saturated rings. The largest absolute Gasteiger partial charge is 0.330 e. The van der Waals surface area contributed by atoms with E-state index >= 15 is 0 Å². The Morgan fingerprint density at radius 2 is 2.00 bits per heavy atom. The molecule has 5 heteroatoms. The van der Waals surface area contributed by atoms with Crippen molar-refractivity contribution in [2.45, 2.75) is 38.5 Å². The third-order valence-corrected chi connectivity index (χ3v) is 5.67. The van der Waals surface area contributed by atoms with E-state index in [4.69, 9.17) is 5.73 Å². The maximum atomic E-state index is 5.55. The van der Waals surface area contributed by atoms with Gasteiger partial charge in [0.15, 0.2) is 5.01 Å². The molecule has 3 rings (SSSR count). The monoisotopic (exact) mass is 279 g/mol. The Kier molecular flexibility index (Phi) is 3.72. The van der Waals surface area contributed by atoms with Crippen LogP contribution >= 0.6 is 22.7 Å². The summed E-state index contributed by atoms with van der Waals surface area (Å²) in [4.78, 5) is 2.86. The van der Waals surface area contributed by atoms with Crippen LogP contribution in [0.3, 0.4) is 0 Å². The van der Waals surface area contributed by atoms with Crippen LogP contribution in [-0.2, 0) is 19.3 Å². The van der Waals surface area contributed by atoms with Crippen LogP contribution in [0.1, 0.15) is 34.7 Å². The highest BCUT2D eigenvalue weighted by atomic mass is 32.1. The van der Waals surface area contributed by atoms with Gasteiger partial charge in [0.2, 0.25) is 0 Å². The summed E-state index contributed by atoms with van der Waals surface area (Å²) in [5.74, 6) is 0. The first-order valence-electron chi connectivity index (χ1n) is 6.51. The highest BCUT2D eigenvalue weighted by Gasteiger charge is 2.15. The fourth-order valence-corrected chi connectivity index (χ4v) is 4.50. The van der Waals surface area contributed by atoms with Crippen molar-refractivity contribution in [3.8, 4) is 9.88 Å². The zero-order chi connectivity index (χ0) is 12.4. The molecule has 1 aliphatic carbocycles. The number of nitrogens with zero attached hydrogens (tertiary/aromatic N) is 2. The van der Waals surface area contributed by atoms with Gasteiger partial charge in [-0.2, -0.15) is 0 Å². The van der Waals surface area contributed by atoms with Crippen LogP contribution in [0.25, 0.3) is 9.88 Å². The molecule has 2 aromatic heterocycles. The van der Waals surface area contributed by atoms with Gasteiger partial charge in [-0.25, -0.2) is 0 Å². The standard InChI is InChI=1S/C13H17N3S2/c14-7-6-12-15-16-13(18-12)11-8-9-4-2-1-3-5-10(9)17-11/h8H,1-7,14H2. The maximum absolute atomic E-state index is 5.55. The SMILES string of the molecule is NCCc1nnc(-c2cc3c(s2)CCCCC3)s1. The average Bonchev–Trinajstić information content (AvgIpc) is 2.93. The highest BCUT2D eigenvalue weighted by molar-refractivity contribution is 7.21. The lowest BCUT2D eigenvalue weighted by atomic mass is 10.1. The number of rotatable bonds is 3. The Bertz CT molecular complexity index is 507. The molecule has 96 valence electrons. The van der Waals surface area contributed by atoms with E-state index in [-0.39, 0.29) is 0 Å². The second kappa shape index (κ2) is 5.47. The molecule has 0 aromatic carbocycles. The minimum absolute atomic E-state index is 0.648. The summed E-state index contributed by atoms with van der Waals surface area (Å²) in [6, 6.07) is 2.33. The molecule has 0 aliphatic heterocycles. The van der Waals surface area contributed by atoms with Crippen molar-refractivity contribution >= 4 is 22.7 Å². The average molecular weight is 279 g/mol. The van der Waals surface area contributed by atoms with Gasteiger partial charge in [0, 0.05) is 11.3 Å². The number of thiophene rings is 1. The van der Waals surface area contributed by atoms with Gasteiger partial charge < -0.3 is 5.73 Å². The molecular formula is C13H17N3S2. The van der Waals surface area contributed by atoms with Gasteiger partial charge in [-0.3, -0.25) is 0 Å². The normalized spacial score (nSPS) is 15.4. The number of aromatic nitrogens is 2. The molecule has 0 amide bonds. The summed E-state index contributed by atoms with van der Waals surface area (Å²) in [7, 11) is 0. The van der Waals surface area contributed by atoms with E-state index in [1.54, 1.807) is 21.8 Å². The second-order valence-electron chi connectivity index (χ2n) is 4.66. The molecule has 0 saturated carbocycles. The van der Waals surface area contributed by atoms with Crippen LogP contribution in [-0.4, -0.2) is 16.7 Å². The van der Waals surface area contributed by atoms with Crippen molar-refractivity contribution in [2.75, 3.05) is 6.54 Å². The van der Waals surface area contributed by atoms with Gasteiger partial charge in [0.1, 0.15) is 5.01 Å². The van der Waals surface area contributed by atoms with E-state index in [0.29, 0.717) is 6.54 Å². The van der Waals surface area contributed by atoms with E-state index in [2.05, 4.69) is 16.3 Å². The minimum Gasteiger partial charge on any atom is -0.330 e. The van der Waals surface area contributed by atoms with Gasteiger partial charge in [0.25, 0.3) is 0 Å². The molecular weight excluding hydrogens is 262 g/mol. The Labute approximate surface area is 115 Å². The Balaban J connectivity index is 1.87. The fourth-order valence-electron chi connectivity index (χ4n) is 2.35. The summed E-state index contributed by atoms with van der Waals surface area (Å²) in [5.41, 5.74) is 7.09. The molecule has 1 aliphatic rings. The van der Waals surface area contributed by atoms with Gasteiger partial charge in [0.05, 0.1) is 4.88 Å². The fraction of sp³-hybridized carbons (Fsp3) is 0.538. The molecule has 2 aromatic rings. The maximum Gasteiger partial charge on any atom is 0.157 e. The van der Waals surface area contributed by atoms with Gasteiger partial charge in [-0.05, 0) is 43.9 Å². The molecule has 3 nitrogen and oxygen atoms in total. The van der Waals surface area contributed by atoms with Crippen LogP contribution in [0.4, 0.5) is 0 Å². The summed E-state index contributed by atoms with van der Waals surface area (Å²) < 4.78 is 0. The summed E-state index contributed by atoms with van der Waals surface area (Å²) in [6.45, 7) is 0.648. The molecule has 2 heterocycles. The third-order valence-electron chi connectivity index (χ3n) is 3.28. The molecule has 0 saturated heterocycles. The van der Waals surface area contributed by atoms with E-state index in [1.165, 1.54) is 37.0 Å². The van der Waals surface area contributed by atoms with E-state index < -0.39 is 0 Å². The second-order valence-corrected chi connectivity index (χ2v) is 6.86. The lowest BCUT2D eigenvalue weighted by Crippen LogP contribution is -2.01. The molecule has 0 atom stereocenters. The highest BCUT2D eigenvalue weighted by Crippen LogP contribution is 2.36. The van der Waals surface area contributed by atoms with Crippen molar-refractivity contribution in [2.24, 2.45) is 5.73 Å². The number of hydrogen-bond acceptors (Lipinski definition) is 5. The quantitative estimate of drug-likeness (QED) is 0.879. The predicted molar refractivity (Wildman–Crippen MR) is 77.2 cm³/mol. The van der Waals surface area contributed by atoms with E-state index in [0.717, 1.165) is 16.4 Å². The smallest absolute Gasteiger partial charge is 0.157 e. The number of aryl methyl sites for hydroxylation is 2. The molecule has 18 heavy (non-hydrogen) atoms. The van der Waals surface area contributed by atoms with E-state index in [1.807, 2.05) is 11.3 Å². The zero-order valence-corrected chi connectivity index (χ0v) is 11.9. The first-order valence-corrected chi connectivity index (χ1v) is 8.14. The van der Waals surface area contributed by atoms with Crippen molar-refractivity contribution in [1.82, 2.24) is 10.2 Å². The lowest BCUT2D eigenvalue weighted by Gasteiger charge is -1.92. The molecule has 0 radical (unpaired) electrons. The minimum atomic E-state index is 0.648. The van der Waals surface area contributed by atoms with Gasteiger partial charge >= 0.3 is 0 Å². The molecule has 0 bridgehead atoms. The third kappa shape index (κ3) is 2.48. The van der Waals surface area contributed by atoms with Crippen LogP contribution in [0.5, 0.6) is 0 Å². The topological polar surface area (TPSA) is 51.8 Å².